The molecule has 1 amide bonds. The topological polar surface area (TPSA) is 55.6 Å². The van der Waals surface area contributed by atoms with Gasteiger partial charge >= 0.3 is 0 Å². The lowest BCUT2D eigenvalue weighted by Gasteiger charge is -2.43. The Hall–Kier alpha value is -0.610. The highest BCUT2D eigenvalue weighted by Gasteiger charge is 2.36. The van der Waals surface area contributed by atoms with Gasteiger partial charge in [-0.1, -0.05) is 41.0 Å². The molecule has 0 spiro atoms. The summed E-state index contributed by atoms with van der Waals surface area (Å²) in [5, 5.41) is 0. The number of hydrogen-bond acceptors (Lipinski definition) is 3. The predicted octanol–water partition coefficient (Wildman–Crippen LogP) is 3.05. The Labute approximate surface area is 142 Å². The molecule has 2 rings (SSSR count). The third-order valence-corrected chi connectivity index (χ3v) is 6.05. The minimum absolute atomic E-state index is 0.00622. The van der Waals surface area contributed by atoms with Crippen LogP contribution >= 0.6 is 0 Å². The summed E-state index contributed by atoms with van der Waals surface area (Å²) >= 11 is 0. The number of likely N-dealkylation sites (tertiary alicyclic amines) is 1. The summed E-state index contributed by atoms with van der Waals surface area (Å²) in [6.07, 6.45) is 4.72. The first kappa shape index (κ1) is 18.7. The number of piperidine rings is 1. The third kappa shape index (κ3) is 4.69. The highest BCUT2D eigenvalue weighted by atomic mass is 16.5. The van der Waals surface area contributed by atoms with Gasteiger partial charge in [-0.05, 0) is 42.4 Å². The molecule has 4 nitrogen and oxygen atoms in total. The van der Waals surface area contributed by atoms with E-state index < -0.39 is 0 Å². The van der Waals surface area contributed by atoms with E-state index in [1.165, 1.54) is 12.8 Å². The molecule has 0 aromatic carbocycles. The summed E-state index contributed by atoms with van der Waals surface area (Å²) in [5.74, 6) is 2.04. The molecule has 1 aliphatic heterocycles. The zero-order valence-electron chi connectivity index (χ0n) is 15.7. The summed E-state index contributed by atoms with van der Waals surface area (Å²) in [5.41, 5.74) is 6.16. The average Bonchev–Trinajstić information content (AvgIpc) is 2.47. The number of amides is 1. The van der Waals surface area contributed by atoms with Crippen LogP contribution in [0, 0.1) is 23.2 Å². The molecule has 2 aliphatic rings. The SMILES string of the molecule is CC1CCC(C(C)C)C(OCC(=O)N2CCC(N)C(C)(C)C2)C1. The lowest BCUT2D eigenvalue weighted by molar-refractivity contribution is -0.145. The molecule has 0 aromatic heterocycles. The van der Waals surface area contributed by atoms with Crippen molar-refractivity contribution in [3.63, 3.8) is 0 Å². The quantitative estimate of drug-likeness (QED) is 0.865. The molecule has 2 N–H and O–H groups in total. The van der Waals surface area contributed by atoms with Gasteiger partial charge in [-0.3, -0.25) is 4.79 Å². The lowest BCUT2D eigenvalue weighted by Crippen LogP contribution is -2.54. The molecule has 23 heavy (non-hydrogen) atoms. The number of nitrogens with zero attached hydrogens (tertiary/aromatic N) is 1. The van der Waals surface area contributed by atoms with E-state index in [0.717, 1.165) is 25.9 Å². The fourth-order valence-corrected chi connectivity index (χ4v) is 4.16. The third-order valence-electron chi connectivity index (χ3n) is 6.05. The fraction of sp³-hybridized carbons (Fsp3) is 0.947. The number of hydrogen-bond donors (Lipinski definition) is 1. The molecule has 0 aromatic rings. The van der Waals surface area contributed by atoms with E-state index in [-0.39, 0.29) is 30.1 Å². The van der Waals surface area contributed by atoms with Crippen molar-refractivity contribution >= 4 is 5.91 Å². The molecule has 2 fully saturated rings. The van der Waals surface area contributed by atoms with Gasteiger partial charge in [0.1, 0.15) is 6.61 Å². The summed E-state index contributed by atoms with van der Waals surface area (Å²) in [4.78, 5) is 14.5. The number of ether oxygens (including phenoxy) is 1. The van der Waals surface area contributed by atoms with E-state index in [1.807, 2.05) is 4.90 Å². The smallest absolute Gasteiger partial charge is 0.248 e. The van der Waals surface area contributed by atoms with Gasteiger partial charge in [-0.15, -0.1) is 0 Å². The molecule has 4 unspecified atom stereocenters. The van der Waals surface area contributed by atoms with Gasteiger partial charge in [0.2, 0.25) is 5.91 Å². The second-order valence-electron chi connectivity index (χ2n) is 8.87. The Kier molecular flexibility index (Phi) is 6.12. The maximum absolute atomic E-state index is 12.6. The van der Waals surface area contributed by atoms with Crippen LogP contribution in [0.4, 0.5) is 0 Å². The van der Waals surface area contributed by atoms with E-state index in [0.29, 0.717) is 17.8 Å². The predicted molar refractivity (Wildman–Crippen MR) is 94.0 cm³/mol. The van der Waals surface area contributed by atoms with Crippen molar-refractivity contribution in [2.45, 2.75) is 72.4 Å². The van der Waals surface area contributed by atoms with Crippen LogP contribution in [-0.2, 0) is 9.53 Å². The van der Waals surface area contributed by atoms with Gasteiger partial charge in [-0.2, -0.15) is 0 Å². The molecule has 0 bridgehead atoms. The van der Waals surface area contributed by atoms with Crippen LogP contribution in [0.3, 0.4) is 0 Å². The normalized spacial score (nSPS) is 34.7. The monoisotopic (exact) mass is 324 g/mol. The van der Waals surface area contributed by atoms with Crippen molar-refractivity contribution in [2.75, 3.05) is 19.7 Å². The second-order valence-corrected chi connectivity index (χ2v) is 8.87. The molecule has 4 heteroatoms. The van der Waals surface area contributed by atoms with Crippen LogP contribution in [0.25, 0.3) is 0 Å². The lowest BCUT2D eigenvalue weighted by atomic mass is 9.75. The maximum atomic E-state index is 12.6. The molecule has 1 aliphatic carbocycles. The molecular formula is C19H36N2O2. The Morgan fingerprint density at radius 3 is 2.61 bits per heavy atom. The first-order valence-corrected chi connectivity index (χ1v) is 9.35. The Morgan fingerprint density at radius 2 is 2.00 bits per heavy atom. The Bertz CT molecular complexity index is 408. The van der Waals surface area contributed by atoms with Crippen molar-refractivity contribution in [3.8, 4) is 0 Å². The van der Waals surface area contributed by atoms with Crippen molar-refractivity contribution in [3.05, 3.63) is 0 Å². The average molecular weight is 325 g/mol. The highest BCUT2D eigenvalue weighted by Crippen LogP contribution is 2.35. The van der Waals surface area contributed by atoms with Gasteiger partial charge in [0, 0.05) is 19.1 Å². The van der Waals surface area contributed by atoms with Crippen LogP contribution in [-0.4, -0.2) is 42.6 Å². The van der Waals surface area contributed by atoms with E-state index in [2.05, 4.69) is 34.6 Å². The summed E-state index contributed by atoms with van der Waals surface area (Å²) in [6.45, 7) is 12.9. The summed E-state index contributed by atoms with van der Waals surface area (Å²) < 4.78 is 6.11. The number of carbonyl (C=O) groups excluding carboxylic acids is 1. The zero-order valence-corrected chi connectivity index (χ0v) is 15.7. The van der Waals surface area contributed by atoms with Gasteiger partial charge in [-0.25, -0.2) is 0 Å². The number of nitrogens with two attached hydrogens (primary N) is 1. The van der Waals surface area contributed by atoms with Crippen LogP contribution in [0.2, 0.25) is 0 Å². The molecule has 134 valence electrons. The van der Waals surface area contributed by atoms with Crippen LogP contribution < -0.4 is 5.73 Å². The molecule has 4 atom stereocenters. The largest absolute Gasteiger partial charge is 0.368 e. The van der Waals surface area contributed by atoms with Crippen molar-refractivity contribution in [2.24, 2.45) is 28.9 Å². The second kappa shape index (κ2) is 7.52. The van der Waals surface area contributed by atoms with Gasteiger partial charge in [0.05, 0.1) is 6.10 Å². The number of rotatable bonds is 4. The summed E-state index contributed by atoms with van der Waals surface area (Å²) in [7, 11) is 0. The van der Waals surface area contributed by atoms with Gasteiger partial charge in [0.25, 0.3) is 0 Å². The van der Waals surface area contributed by atoms with E-state index in [1.54, 1.807) is 0 Å². The maximum Gasteiger partial charge on any atom is 0.248 e. The van der Waals surface area contributed by atoms with Crippen molar-refractivity contribution in [1.82, 2.24) is 4.90 Å². The Morgan fingerprint density at radius 1 is 1.30 bits per heavy atom. The standard InChI is InChI=1S/C19H36N2O2/c1-13(2)15-7-6-14(3)10-16(15)23-11-18(22)21-9-8-17(20)19(4,5)12-21/h13-17H,6-12,20H2,1-5H3. The van der Waals surface area contributed by atoms with Crippen molar-refractivity contribution in [1.29, 1.82) is 0 Å². The fourth-order valence-electron chi connectivity index (χ4n) is 4.16. The molecule has 0 radical (unpaired) electrons. The molecule has 1 heterocycles. The van der Waals surface area contributed by atoms with Crippen LogP contribution in [0.15, 0.2) is 0 Å². The van der Waals surface area contributed by atoms with Crippen LogP contribution in [0.5, 0.6) is 0 Å². The highest BCUT2D eigenvalue weighted by molar-refractivity contribution is 5.77. The minimum atomic E-state index is -0.00622. The minimum Gasteiger partial charge on any atom is -0.368 e. The molecular weight excluding hydrogens is 288 g/mol. The van der Waals surface area contributed by atoms with Crippen molar-refractivity contribution < 1.29 is 9.53 Å². The van der Waals surface area contributed by atoms with Gasteiger partial charge < -0.3 is 15.4 Å². The summed E-state index contributed by atoms with van der Waals surface area (Å²) in [6, 6.07) is 0.178. The zero-order chi connectivity index (χ0) is 17.2. The van der Waals surface area contributed by atoms with E-state index in [9.17, 15) is 4.79 Å². The van der Waals surface area contributed by atoms with Gasteiger partial charge in [0.15, 0.2) is 0 Å². The molecule has 1 saturated heterocycles. The van der Waals surface area contributed by atoms with E-state index >= 15 is 0 Å². The first-order chi connectivity index (χ1) is 10.7. The number of carbonyl (C=O) groups is 1. The first-order valence-electron chi connectivity index (χ1n) is 9.35. The Balaban J connectivity index is 1.87. The van der Waals surface area contributed by atoms with Crippen LogP contribution in [0.1, 0.15) is 60.3 Å². The molecule has 1 saturated carbocycles. The van der Waals surface area contributed by atoms with E-state index in [4.69, 9.17) is 10.5 Å².